The number of anilines is 1. The van der Waals surface area contributed by atoms with Crippen LogP contribution in [0.25, 0.3) is 11.1 Å². The van der Waals surface area contributed by atoms with Gasteiger partial charge >= 0.3 is 5.97 Å². The Morgan fingerprint density at radius 2 is 1.34 bits per heavy atom. The highest BCUT2D eigenvalue weighted by Crippen LogP contribution is 2.23. The SMILES string of the molecule is CC(CC(=O)c1ccc(-c2ccc(NC(=O)c3ccccc3)cc2)cc1)C(=O)O. The summed E-state index contributed by atoms with van der Waals surface area (Å²) in [5.41, 5.74) is 3.65. The molecule has 0 aromatic heterocycles. The van der Waals surface area contributed by atoms with Crippen LogP contribution >= 0.6 is 0 Å². The Hall–Kier alpha value is -3.73. The predicted molar refractivity (Wildman–Crippen MR) is 112 cm³/mol. The van der Waals surface area contributed by atoms with Gasteiger partial charge in [-0.3, -0.25) is 14.4 Å². The fourth-order valence-corrected chi connectivity index (χ4v) is 2.87. The molecule has 3 rings (SSSR count). The second kappa shape index (κ2) is 8.97. The van der Waals surface area contributed by atoms with Crippen molar-refractivity contribution in [3.05, 3.63) is 90.0 Å². The van der Waals surface area contributed by atoms with Crippen molar-refractivity contribution in [2.75, 3.05) is 5.32 Å². The fraction of sp³-hybridized carbons (Fsp3) is 0.125. The topological polar surface area (TPSA) is 83.5 Å². The zero-order valence-corrected chi connectivity index (χ0v) is 16.0. The van der Waals surface area contributed by atoms with Crippen LogP contribution in [-0.4, -0.2) is 22.8 Å². The third-order valence-electron chi connectivity index (χ3n) is 4.63. The number of ketones is 1. The van der Waals surface area contributed by atoms with Crippen LogP contribution in [0.15, 0.2) is 78.9 Å². The summed E-state index contributed by atoms with van der Waals surface area (Å²) >= 11 is 0. The number of amides is 1. The number of rotatable bonds is 7. The Bertz CT molecular complexity index is 1010. The standard InChI is InChI=1S/C24H21NO4/c1-16(24(28)29)15-22(26)19-9-7-17(8-10-19)18-11-13-21(14-12-18)25-23(27)20-5-3-2-4-6-20/h2-14,16H,15H2,1H3,(H,25,27)(H,28,29). The summed E-state index contributed by atoms with van der Waals surface area (Å²) in [5, 5.41) is 11.8. The Morgan fingerprint density at radius 1 is 0.793 bits per heavy atom. The lowest BCUT2D eigenvalue weighted by Crippen LogP contribution is -2.14. The minimum atomic E-state index is -0.977. The summed E-state index contributed by atoms with van der Waals surface area (Å²) in [5.74, 6) is -2.04. The van der Waals surface area contributed by atoms with Gasteiger partial charge in [0.05, 0.1) is 5.92 Å². The highest BCUT2D eigenvalue weighted by atomic mass is 16.4. The molecular weight excluding hydrogens is 366 g/mol. The molecule has 0 spiro atoms. The van der Waals surface area contributed by atoms with E-state index in [0.717, 1.165) is 11.1 Å². The number of carboxylic acids is 1. The average Bonchev–Trinajstić information content (AvgIpc) is 2.75. The molecule has 0 saturated heterocycles. The van der Waals surface area contributed by atoms with Gasteiger partial charge in [0, 0.05) is 23.2 Å². The largest absolute Gasteiger partial charge is 0.481 e. The highest BCUT2D eigenvalue weighted by Gasteiger charge is 2.17. The van der Waals surface area contributed by atoms with Crippen molar-refractivity contribution in [1.29, 1.82) is 0 Å². The van der Waals surface area contributed by atoms with Crippen molar-refractivity contribution in [2.45, 2.75) is 13.3 Å². The van der Waals surface area contributed by atoms with E-state index in [0.29, 0.717) is 16.8 Å². The van der Waals surface area contributed by atoms with E-state index in [1.807, 2.05) is 54.6 Å². The summed E-state index contributed by atoms with van der Waals surface area (Å²) in [4.78, 5) is 35.3. The maximum absolute atomic E-state index is 12.2. The van der Waals surface area contributed by atoms with Gasteiger partial charge in [0.25, 0.3) is 5.91 Å². The molecule has 0 aliphatic rings. The first-order valence-corrected chi connectivity index (χ1v) is 9.27. The monoisotopic (exact) mass is 387 g/mol. The highest BCUT2D eigenvalue weighted by molar-refractivity contribution is 6.04. The summed E-state index contributed by atoms with van der Waals surface area (Å²) in [7, 11) is 0. The van der Waals surface area contributed by atoms with Crippen LogP contribution in [0.4, 0.5) is 5.69 Å². The minimum absolute atomic E-state index is 0.0233. The molecule has 3 aromatic carbocycles. The maximum atomic E-state index is 12.2. The molecule has 5 heteroatoms. The van der Waals surface area contributed by atoms with Gasteiger partial charge in [0.15, 0.2) is 5.78 Å². The molecule has 0 aliphatic heterocycles. The molecule has 2 N–H and O–H groups in total. The van der Waals surface area contributed by atoms with Gasteiger partial charge in [-0.05, 0) is 35.4 Å². The second-order valence-electron chi connectivity index (χ2n) is 6.84. The molecule has 0 heterocycles. The maximum Gasteiger partial charge on any atom is 0.306 e. The van der Waals surface area contributed by atoms with E-state index in [-0.39, 0.29) is 18.1 Å². The first kappa shape index (κ1) is 20.0. The summed E-state index contributed by atoms with van der Waals surface area (Å²) < 4.78 is 0. The van der Waals surface area contributed by atoms with E-state index < -0.39 is 11.9 Å². The van der Waals surface area contributed by atoms with Crippen molar-refractivity contribution in [3.63, 3.8) is 0 Å². The van der Waals surface area contributed by atoms with Gasteiger partial charge in [0.1, 0.15) is 0 Å². The molecule has 0 aliphatic carbocycles. The molecule has 1 amide bonds. The van der Waals surface area contributed by atoms with E-state index in [2.05, 4.69) is 5.32 Å². The summed E-state index contributed by atoms with van der Waals surface area (Å²) in [6.07, 6.45) is -0.0233. The van der Waals surface area contributed by atoms with Crippen molar-refractivity contribution in [3.8, 4) is 11.1 Å². The lowest BCUT2D eigenvalue weighted by Gasteiger charge is -2.08. The van der Waals surface area contributed by atoms with Gasteiger partial charge in [0.2, 0.25) is 0 Å². The number of carbonyl (C=O) groups excluding carboxylic acids is 2. The minimum Gasteiger partial charge on any atom is -0.481 e. The van der Waals surface area contributed by atoms with Gasteiger partial charge < -0.3 is 10.4 Å². The average molecular weight is 387 g/mol. The normalized spacial score (nSPS) is 11.5. The number of carboxylic acid groups (broad SMARTS) is 1. The van der Waals surface area contributed by atoms with Crippen molar-refractivity contribution in [2.24, 2.45) is 5.92 Å². The number of Topliss-reactive ketones (excluding diaryl/α,β-unsaturated/α-hetero) is 1. The zero-order valence-electron chi connectivity index (χ0n) is 16.0. The van der Waals surface area contributed by atoms with Crippen LogP contribution in [-0.2, 0) is 4.79 Å². The number of hydrogen-bond donors (Lipinski definition) is 2. The lowest BCUT2D eigenvalue weighted by atomic mass is 9.97. The van der Waals surface area contributed by atoms with E-state index in [9.17, 15) is 14.4 Å². The molecule has 146 valence electrons. The second-order valence-corrected chi connectivity index (χ2v) is 6.84. The molecule has 3 aromatic rings. The van der Waals surface area contributed by atoms with E-state index in [4.69, 9.17) is 5.11 Å². The van der Waals surface area contributed by atoms with Crippen LogP contribution in [0, 0.1) is 5.92 Å². The van der Waals surface area contributed by atoms with E-state index >= 15 is 0 Å². The third-order valence-corrected chi connectivity index (χ3v) is 4.63. The van der Waals surface area contributed by atoms with E-state index in [1.54, 1.807) is 24.3 Å². The predicted octanol–water partition coefficient (Wildman–Crippen LogP) is 4.90. The molecule has 1 unspecified atom stereocenters. The first-order chi connectivity index (χ1) is 13.9. The molecule has 0 bridgehead atoms. The third kappa shape index (κ3) is 5.17. The first-order valence-electron chi connectivity index (χ1n) is 9.27. The number of benzene rings is 3. The number of hydrogen-bond acceptors (Lipinski definition) is 3. The quantitative estimate of drug-likeness (QED) is 0.565. The lowest BCUT2D eigenvalue weighted by molar-refractivity contribution is -0.141. The van der Waals surface area contributed by atoms with Crippen molar-refractivity contribution in [1.82, 2.24) is 0 Å². The Morgan fingerprint density at radius 3 is 1.90 bits per heavy atom. The Labute approximate surface area is 169 Å². The smallest absolute Gasteiger partial charge is 0.306 e. The Balaban J connectivity index is 1.66. The van der Waals surface area contributed by atoms with Crippen molar-refractivity contribution >= 4 is 23.3 Å². The molecule has 0 saturated carbocycles. The van der Waals surface area contributed by atoms with Gasteiger partial charge in [-0.1, -0.05) is 61.5 Å². The molecule has 0 fully saturated rings. The number of aliphatic carboxylic acids is 1. The summed E-state index contributed by atoms with van der Waals surface area (Å²) in [6.45, 7) is 1.52. The summed E-state index contributed by atoms with van der Waals surface area (Å²) in [6, 6.07) is 23.5. The molecule has 1 atom stereocenters. The number of carbonyl (C=O) groups is 3. The van der Waals surface area contributed by atoms with Crippen molar-refractivity contribution < 1.29 is 19.5 Å². The fourth-order valence-electron chi connectivity index (χ4n) is 2.87. The molecule has 5 nitrogen and oxygen atoms in total. The van der Waals surface area contributed by atoms with Crippen LogP contribution in [0.1, 0.15) is 34.1 Å². The Kier molecular flexibility index (Phi) is 6.19. The van der Waals surface area contributed by atoms with Gasteiger partial charge in [-0.15, -0.1) is 0 Å². The molecule has 29 heavy (non-hydrogen) atoms. The molecular formula is C24H21NO4. The van der Waals surface area contributed by atoms with Gasteiger partial charge in [-0.25, -0.2) is 0 Å². The molecule has 0 radical (unpaired) electrons. The van der Waals surface area contributed by atoms with E-state index in [1.165, 1.54) is 6.92 Å². The van der Waals surface area contributed by atoms with Crippen LogP contribution in [0.2, 0.25) is 0 Å². The van der Waals surface area contributed by atoms with Crippen LogP contribution in [0.5, 0.6) is 0 Å². The van der Waals surface area contributed by atoms with Crippen LogP contribution < -0.4 is 5.32 Å². The van der Waals surface area contributed by atoms with Crippen LogP contribution in [0.3, 0.4) is 0 Å². The van der Waals surface area contributed by atoms with Gasteiger partial charge in [-0.2, -0.15) is 0 Å². The zero-order chi connectivity index (χ0) is 20.8. The number of nitrogens with one attached hydrogen (secondary N) is 1.